The third kappa shape index (κ3) is 8.80. The highest BCUT2D eigenvalue weighted by Crippen LogP contribution is 2.28. The van der Waals surface area contributed by atoms with Gasteiger partial charge in [-0.15, -0.1) is 10.2 Å². The molecule has 11 heteroatoms. The van der Waals surface area contributed by atoms with Crippen LogP contribution >= 0.6 is 35.0 Å². The highest BCUT2D eigenvalue weighted by atomic mass is 35.5. The van der Waals surface area contributed by atoms with Crippen LogP contribution in [-0.2, 0) is 25.3 Å². The van der Waals surface area contributed by atoms with Gasteiger partial charge in [0, 0.05) is 36.7 Å². The number of hydrogen-bond donors (Lipinski definition) is 0. The summed E-state index contributed by atoms with van der Waals surface area (Å²) in [6.07, 6.45) is 9.72. The Morgan fingerprint density at radius 1 is 0.902 bits per heavy atom. The number of carbonyl (C=O) groups is 1. The molecular formula is C30H35Cl2N5O3S. The third-order valence-electron chi connectivity index (χ3n) is 6.91. The van der Waals surface area contributed by atoms with Gasteiger partial charge >= 0.3 is 5.97 Å². The predicted molar refractivity (Wildman–Crippen MR) is 165 cm³/mol. The molecule has 0 bridgehead atoms. The number of fused-ring (bicyclic) bond motifs is 1. The lowest BCUT2D eigenvalue weighted by Gasteiger charge is -2.08. The standard InChI is InChI=1S/C30H35Cl2N5O3S/c1-36-27(20-25-22-13-10-11-14-23(22)29(39)37(2)35-25)33-34-30(36)41-18-12-8-6-4-3-5-7-9-15-28(38)40-26-17-16-21(31)19-24(26)32/h10-11,13-14,16-17,19H,3-9,12,15,18,20H2,1-2H3. The van der Waals surface area contributed by atoms with Crippen LogP contribution in [0.25, 0.3) is 10.8 Å². The number of esters is 1. The van der Waals surface area contributed by atoms with Gasteiger partial charge in [0.2, 0.25) is 0 Å². The number of aromatic nitrogens is 5. The fourth-order valence-electron chi connectivity index (χ4n) is 4.61. The van der Waals surface area contributed by atoms with Crippen LogP contribution in [0.5, 0.6) is 5.75 Å². The predicted octanol–water partition coefficient (Wildman–Crippen LogP) is 7.17. The number of carbonyl (C=O) groups excluding carboxylic acids is 1. The zero-order chi connectivity index (χ0) is 29.2. The summed E-state index contributed by atoms with van der Waals surface area (Å²) in [4.78, 5) is 24.4. The average Bonchev–Trinajstić information content (AvgIpc) is 3.30. The molecular weight excluding hydrogens is 581 g/mol. The number of hydrogen-bond acceptors (Lipinski definition) is 7. The van der Waals surface area contributed by atoms with Gasteiger partial charge in [-0.25, -0.2) is 4.68 Å². The Labute approximate surface area is 254 Å². The van der Waals surface area contributed by atoms with Gasteiger partial charge in [-0.1, -0.05) is 91.7 Å². The highest BCUT2D eigenvalue weighted by molar-refractivity contribution is 7.99. The summed E-state index contributed by atoms with van der Waals surface area (Å²) in [7, 11) is 3.66. The lowest BCUT2D eigenvalue weighted by Crippen LogP contribution is -2.21. The van der Waals surface area contributed by atoms with E-state index in [-0.39, 0.29) is 11.5 Å². The lowest BCUT2D eigenvalue weighted by atomic mass is 10.1. The molecule has 0 aliphatic heterocycles. The smallest absolute Gasteiger partial charge is 0.311 e. The quantitative estimate of drug-likeness (QED) is 0.0605. The second-order valence-corrected chi connectivity index (χ2v) is 11.9. The Balaban J connectivity index is 1.08. The average molecular weight is 617 g/mol. The van der Waals surface area contributed by atoms with Crippen LogP contribution in [0.2, 0.25) is 10.0 Å². The van der Waals surface area contributed by atoms with Crippen molar-refractivity contribution in [1.82, 2.24) is 24.5 Å². The number of ether oxygens (including phenoxy) is 1. The van der Waals surface area contributed by atoms with Crippen molar-refractivity contribution >= 4 is 51.7 Å². The summed E-state index contributed by atoms with van der Waals surface area (Å²) >= 11 is 13.6. The molecule has 2 heterocycles. The zero-order valence-electron chi connectivity index (χ0n) is 23.4. The Morgan fingerprint density at radius 3 is 2.32 bits per heavy atom. The summed E-state index contributed by atoms with van der Waals surface area (Å²) in [6.45, 7) is 0. The molecule has 0 spiro atoms. The molecule has 218 valence electrons. The van der Waals surface area contributed by atoms with Crippen molar-refractivity contribution in [3.05, 3.63) is 74.4 Å². The van der Waals surface area contributed by atoms with Crippen LogP contribution in [0.4, 0.5) is 0 Å². The van der Waals surface area contributed by atoms with Crippen LogP contribution < -0.4 is 10.3 Å². The van der Waals surface area contributed by atoms with Gasteiger partial charge in [0.05, 0.1) is 22.5 Å². The van der Waals surface area contributed by atoms with Crippen LogP contribution in [0.3, 0.4) is 0 Å². The van der Waals surface area contributed by atoms with Gasteiger partial charge in [0.1, 0.15) is 11.6 Å². The minimum absolute atomic E-state index is 0.0996. The molecule has 0 aliphatic carbocycles. The van der Waals surface area contributed by atoms with Gasteiger partial charge in [-0.05, 0) is 37.1 Å². The van der Waals surface area contributed by atoms with Gasteiger partial charge < -0.3 is 9.30 Å². The molecule has 0 amide bonds. The molecule has 2 aromatic heterocycles. The minimum atomic E-state index is -0.265. The van der Waals surface area contributed by atoms with Gasteiger partial charge in [0.25, 0.3) is 5.56 Å². The fourth-order valence-corrected chi connectivity index (χ4v) is 5.98. The van der Waals surface area contributed by atoms with Crippen molar-refractivity contribution in [3.63, 3.8) is 0 Å². The number of aryl methyl sites for hydroxylation is 1. The van der Waals surface area contributed by atoms with E-state index >= 15 is 0 Å². The van der Waals surface area contributed by atoms with Crippen molar-refractivity contribution < 1.29 is 9.53 Å². The van der Waals surface area contributed by atoms with E-state index in [4.69, 9.17) is 27.9 Å². The molecule has 8 nitrogen and oxygen atoms in total. The first-order valence-corrected chi connectivity index (χ1v) is 15.7. The Morgan fingerprint density at radius 2 is 1.59 bits per heavy atom. The molecule has 41 heavy (non-hydrogen) atoms. The number of benzene rings is 2. The second-order valence-electron chi connectivity index (χ2n) is 10.0. The Kier molecular flexibility index (Phi) is 11.7. The molecule has 0 fully saturated rings. The lowest BCUT2D eigenvalue weighted by molar-refractivity contribution is -0.134. The second kappa shape index (κ2) is 15.4. The molecule has 0 saturated carbocycles. The van der Waals surface area contributed by atoms with Crippen molar-refractivity contribution in [3.8, 4) is 5.75 Å². The summed E-state index contributed by atoms with van der Waals surface area (Å²) in [5, 5.41) is 16.5. The molecule has 0 aliphatic rings. The maximum absolute atomic E-state index is 12.4. The summed E-state index contributed by atoms with van der Waals surface area (Å²) in [6, 6.07) is 12.4. The first kappa shape index (κ1) is 31.1. The topological polar surface area (TPSA) is 91.9 Å². The SMILES string of the molecule is Cn1c(Cc2nn(C)c(=O)c3ccccc23)nnc1SCCCCCCCCCCC(=O)Oc1ccc(Cl)cc1Cl. The Hall–Kier alpha value is -2.88. The van der Waals surface area contributed by atoms with Gasteiger partial charge in [-0.3, -0.25) is 9.59 Å². The highest BCUT2D eigenvalue weighted by Gasteiger charge is 2.15. The molecule has 4 rings (SSSR count). The molecule has 0 atom stereocenters. The van der Waals surface area contributed by atoms with E-state index in [2.05, 4.69) is 15.3 Å². The van der Waals surface area contributed by atoms with E-state index in [1.165, 1.54) is 30.4 Å². The minimum Gasteiger partial charge on any atom is -0.425 e. The number of unbranched alkanes of at least 4 members (excludes halogenated alkanes) is 7. The molecule has 4 aromatic rings. The summed E-state index contributed by atoms with van der Waals surface area (Å²) < 4.78 is 8.73. The largest absolute Gasteiger partial charge is 0.425 e. The van der Waals surface area contributed by atoms with Crippen LogP contribution in [-0.4, -0.2) is 36.3 Å². The van der Waals surface area contributed by atoms with E-state index in [1.54, 1.807) is 37.0 Å². The summed E-state index contributed by atoms with van der Waals surface area (Å²) in [5.74, 6) is 1.91. The van der Waals surface area contributed by atoms with Crippen LogP contribution in [0.15, 0.2) is 52.4 Å². The molecule has 0 N–H and O–H groups in total. The normalized spacial score (nSPS) is 11.3. The van der Waals surface area contributed by atoms with Crippen LogP contribution in [0.1, 0.15) is 69.3 Å². The van der Waals surface area contributed by atoms with E-state index < -0.39 is 0 Å². The molecule has 2 aromatic carbocycles. The number of rotatable bonds is 15. The zero-order valence-corrected chi connectivity index (χ0v) is 25.8. The maximum atomic E-state index is 12.4. The van der Waals surface area contributed by atoms with E-state index in [9.17, 15) is 9.59 Å². The fraction of sp³-hybridized carbons (Fsp3) is 0.433. The molecule has 0 unspecified atom stereocenters. The van der Waals surface area contributed by atoms with Crippen molar-refractivity contribution in [2.24, 2.45) is 14.1 Å². The third-order valence-corrected chi connectivity index (χ3v) is 8.54. The number of nitrogens with zero attached hydrogens (tertiary/aromatic N) is 5. The number of thioether (sulfide) groups is 1. The molecule has 0 saturated heterocycles. The number of halogens is 2. The Bertz CT molecular complexity index is 1540. The first-order valence-electron chi connectivity index (χ1n) is 13.9. The van der Waals surface area contributed by atoms with Crippen LogP contribution in [0, 0.1) is 0 Å². The van der Waals surface area contributed by atoms with E-state index in [0.717, 1.165) is 53.5 Å². The first-order chi connectivity index (χ1) is 19.8. The maximum Gasteiger partial charge on any atom is 0.311 e. The van der Waals surface area contributed by atoms with E-state index in [1.807, 2.05) is 35.9 Å². The van der Waals surface area contributed by atoms with Gasteiger partial charge in [0.15, 0.2) is 5.16 Å². The van der Waals surface area contributed by atoms with Crippen molar-refractivity contribution in [2.75, 3.05) is 5.75 Å². The van der Waals surface area contributed by atoms with Crippen molar-refractivity contribution in [2.45, 2.75) is 69.4 Å². The van der Waals surface area contributed by atoms with Crippen molar-refractivity contribution in [1.29, 1.82) is 0 Å². The van der Waals surface area contributed by atoms with E-state index in [0.29, 0.717) is 34.0 Å². The molecule has 0 radical (unpaired) electrons. The monoisotopic (exact) mass is 615 g/mol. The van der Waals surface area contributed by atoms with Gasteiger partial charge in [-0.2, -0.15) is 5.10 Å². The summed E-state index contributed by atoms with van der Waals surface area (Å²) in [5.41, 5.74) is 0.718.